The number of aryl methyl sites for hydroxylation is 2. The third-order valence-electron chi connectivity index (χ3n) is 3.41. The molecule has 102 valence electrons. The number of aliphatic hydroxyl groups excluding tert-OH is 1. The first-order valence-corrected chi connectivity index (χ1v) is 6.48. The van der Waals surface area contributed by atoms with E-state index in [-0.39, 0.29) is 12.6 Å². The van der Waals surface area contributed by atoms with E-state index in [9.17, 15) is 5.11 Å². The number of hydrogen-bond donors (Lipinski definition) is 2. The summed E-state index contributed by atoms with van der Waals surface area (Å²) in [6.45, 7) is 9.31. The van der Waals surface area contributed by atoms with Crippen LogP contribution < -0.4 is 10.1 Å². The maximum absolute atomic E-state index is 9.30. The summed E-state index contributed by atoms with van der Waals surface area (Å²) in [5, 5.41) is 12.7. The Morgan fingerprint density at radius 3 is 2.39 bits per heavy atom. The van der Waals surface area contributed by atoms with Gasteiger partial charge in [-0.1, -0.05) is 19.9 Å². The molecule has 2 N–H and O–H groups in total. The van der Waals surface area contributed by atoms with Gasteiger partial charge in [0.25, 0.3) is 0 Å². The number of rotatable bonds is 6. The van der Waals surface area contributed by atoms with Crippen LogP contribution in [0.5, 0.6) is 5.75 Å². The van der Waals surface area contributed by atoms with E-state index in [2.05, 4.69) is 38.2 Å². The summed E-state index contributed by atoms with van der Waals surface area (Å²) in [6, 6.07) is 4.36. The van der Waals surface area contributed by atoms with E-state index in [4.69, 9.17) is 4.74 Å². The zero-order chi connectivity index (χ0) is 13.7. The van der Waals surface area contributed by atoms with E-state index in [0.717, 1.165) is 17.9 Å². The molecule has 1 aromatic rings. The summed E-state index contributed by atoms with van der Waals surface area (Å²) in [4.78, 5) is 0. The fourth-order valence-electron chi connectivity index (χ4n) is 2.01. The zero-order valence-electron chi connectivity index (χ0n) is 12.1. The van der Waals surface area contributed by atoms with Gasteiger partial charge in [0.2, 0.25) is 0 Å². The molecule has 0 heterocycles. The molecule has 0 saturated carbocycles. The number of aliphatic hydroxyl groups is 1. The molecule has 0 fully saturated rings. The van der Waals surface area contributed by atoms with Crippen molar-refractivity contribution in [3.8, 4) is 5.75 Å². The molecule has 0 aliphatic carbocycles. The normalized spacial score (nSPS) is 12.8. The van der Waals surface area contributed by atoms with Crippen molar-refractivity contribution >= 4 is 0 Å². The molecule has 0 bridgehead atoms. The second-order valence-corrected chi connectivity index (χ2v) is 5.16. The monoisotopic (exact) mass is 251 g/mol. The van der Waals surface area contributed by atoms with Crippen LogP contribution in [0.1, 0.15) is 30.5 Å². The molecule has 1 unspecified atom stereocenters. The molecule has 0 aliphatic heterocycles. The van der Waals surface area contributed by atoms with Crippen molar-refractivity contribution in [1.82, 2.24) is 5.32 Å². The largest absolute Gasteiger partial charge is 0.496 e. The smallest absolute Gasteiger partial charge is 0.122 e. The molecule has 18 heavy (non-hydrogen) atoms. The summed E-state index contributed by atoms with van der Waals surface area (Å²) < 4.78 is 5.31. The Kier molecular flexibility index (Phi) is 5.63. The van der Waals surface area contributed by atoms with Crippen molar-refractivity contribution in [3.63, 3.8) is 0 Å². The Bertz CT molecular complexity index is 388. The average Bonchev–Trinajstić information content (AvgIpc) is 2.33. The van der Waals surface area contributed by atoms with Crippen LogP contribution in [0.3, 0.4) is 0 Å². The van der Waals surface area contributed by atoms with Crippen molar-refractivity contribution in [2.24, 2.45) is 5.92 Å². The molecular weight excluding hydrogens is 226 g/mol. The Morgan fingerprint density at radius 2 is 1.89 bits per heavy atom. The molecule has 0 saturated heterocycles. The van der Waals surface area contributed by atoms with Crippen LogP contribution in [0.15, 0.2) is 12.1 Å². The Morgan fingerprint density at radius 1 is 1.22 bits per heavy atom. The van der Waals surface area contributed by atoms with E-state index < -0.39 is 0 Å². The Labute approximate surface area is 110 Å². The molecule has 1 rings (SSSR count). The van der Waals surface area contributed by atoms with Crippen molar-refractivity contribution in [2.75, 3.05) is 13.7 Å². The molecule has 0 radical (unpaired) electrons. The molecule has 1 aromatic carbocycles. The highest BCUT2D eigenvalue weighted by Gasteiger charge is 2.12. The van der Waals surface area contributed by atoms with Gasteiger partial charge in [0.15, 0.2) is 0 Å². The fourth-order valence-corrected chi connectivity index (χ4v) is 2.01. The quantitative estimate of drug-likeness (QED) is 0.816. The molecule has 3 heteroatoms. The van der Waals surface area contributed by atoms with Crippen LogP contribution in [0, 0.1) is 19.8 Å². The van der Waals surface area contributed by atoms with Gasteiger partial charge in [-0.05, 0) is 42.5 Å². The fraction of sp³-hybridized carbons (Fsp3) is 0.600. The van der Waals surface area contributed by atoms with E-state index in [0.29, 0.717) is 5.92 Å². The minimum Gasteiger partial charge on any atom is -0.496 e. The first-order chi connectivity index (χ1) is 8.49. The second kappa shape index (κ2) is 6.76. The van der Waals surface area contributed by atoms with Gasteiger partial charge in [0.1, 0.15) is 5.75 Å². The zero-order valence-corrected chi connectivity index (χ0v) is 12.1. The maximum atomic E-state index is 9.30. The minimum atomic E-state index is 0.145. The summed E-state index contributed by atoms with van der Waals surface area (Å²) in [5.74, 6) is 1.36. The van der Waals surface area contributed by atoms with E-state index in [1.165, 1.54) is 11.1 Å². The van der Waals surface area contributed by atoms with Crippen molar-refractivity contribution in [3.05, 3.63) is 28.8 Å². The summed E-state index contributed by atoms with van der Waals surface area (Å²) in [6.07, 6.45) is 0. The number of hydrogen-bond acceptors (Lipinski definition) is 3. The third kappa shape index (κ3) is 3.72. The van der Waals surface area contributed by atoms with Gasteiger partial charge in [-0.2, -0.15) is 0 Å². The van der Waals surface area contributed by atoms with Gasteiger partial charge in [-0.15, -0.1) is 0 Å². The maximum Gasteiger partial charge on any atom is 0.122 e. The number of ether oxygens (including phenoxy) is 1. The SMILES string of the molecule is COc1cc(C)c(CNC(CO)C(C)C)cc1C. The third-order valence-corrected chi connectivity index (χ3v) is 3.41. The van der Waals surface area contributed by atoms with Gasteiger partial charge in [-0.3, -0.25) is 0 Å². The van der Waals surface area contributed by atoms with Crippen molar-refractivity contribution in [2.45, 2.75) is 40.3 Å². The van der Waals surface area contributed by atoms with E-state index in [1.807, 2.05) is 6.92 Å². The predicted molar refractivity (Wildman–Crippen MR) is 75.0 cm³/mol. The molecular formula is C15H25NO2. The highest BCUT2D eigenvalue weighted by atomic mass is 16.5. The van der Waals surface area contributed by atoms with Crippen molar-refractivity contribution in [1.29, 1.82) is 0 Å². The number of methoxy groups -OCH3 is 1. The van der Waals surface area contributed by atoms with Gasteiger partial charge in [0, 0.05) is 12.6 Å². The van der Waals surface area contributed by atoms with Crippen LogP contribution in [0.25, 0.3) is 0 Å². The lowest BCUT2D eigenvalue weighted by molar-refractivity contribution is 0.210. The van der Waals surface area contributed by atoms with Gasteiger partial charge in [0.05, 0.1) is 13.7 Å². The topological polar surface area (TPSA) is 41.5 Å². The average molecular weight is 251 g/mol. The Hall–Kier alpha value is -1.06. The van der Waals surface area contributed by atoms with Gasteiger partial charge in [-0.25, -0.2) is 0 Å². The lowest BCUT2D eigenvalue weighted by atomic mass is 10.0. The minimum absolute atomic E-state index is 0.145. The van der Waals surface area contributed by atoms with Crippen LogP contribution >= 0.6 is 0 Å². The van der Waals surface area contributed by atoms with Crippen molar-refractivity contribution < 1.29 is 9.84 Å². The van der Waals surface area contributed by atoms with Gasteiger partial charge >= 0.3 is 0 Å². The van der Waals surface area contributed by atoms with Crippen LogP contribution in [-0.4, -0.2) is 24.9 Å². The molecule has 0 aliphatic rings. The Balaban J connectivity index is 2.76. The lowest BCUT2D eigenvalue weighted by Gasteiger charge is -2.21. The second-order valence-electron chi connectivity index (χ2n) is 5.16. The predicted octanol–water partition coefficient (Wildman–Crippen LogP) is 2.42. The molecule has 0 amide bonds. The number of benzene rings is 1. The first-order valence-electron chi connectivity index (χ1n) is 6.48. The molecule has 0 spiro atoms. The van der Waals surface area contributed by atoms with E-state index >= 15 is 0 Å². The summed E-state index contributed by atoms with van der Waals surface area (Å²) in [7, 11) is 1.69. The molecule has 3 nitrogen and oxygen atoms in total. The van der Waals surface area contributed by atoms with Gasteiger partial charge < -0.3 is 15.2 Å². The lowest BCUT2D eigenvalue weighted by Crippen LogP contribution is -2.36. The molecule has 1 atom stereocenters. The summed E-state index contributed by atoms with van der Waals surface area (Å²) in [5.41, 5.74) is 3.61. The highest BCUT2D eigenvalue weighted by molar-refractivity contribution is 5.41. The van der Waals surface area contributed by atoms with Crippen LogP contribution in [0.4, 0.5) is 0 Å². The molecule has 0 aromatic heterocycles. The van der Waals surface area contributed by atoms with E-state index in [1.54, 1.807) is 7.11 Å². The number of nitrogens with one attached hydrogen (secondary N) is 1. The first kappa shape index (κ1) is 15.0. The van der Waals surface area contributed by atoms with Crippen LogP contribution in [-0.2, 0) is 6.54 Å². The summed E-state index contributed by atoms with van der Waals surface area (Å²) >= 11 is 0. The standard InChI is InChI=1S/C15H25NO2/c1-10(2)14(9-17)16-8-13-6-12(4)15(18-5)7-11(13)3/h6-7,10,14,16-17H,8-9H2,1-5H3. The van der Waals surface area contributed by atoms with Crippen LogP contribution in [0.2, 0.25) is 0 Å². The highest BCUT2D eigenvalue weighted by Crippen LogP contribution is 2.22.